The summed E-state index contributed by atoms with van der Waals surface area (Å²) in [5, 5.41) is 11.9. The van der Waals surface area contributed by atoms with Gasteiger partial charge in [0.25, 0.3) is 0 Å². The van der Waals surface area contributed by atoms with Gasteiger partial charge < -0.3 is 15.8 Å². The molecule has 8 heteroatoms. The first-order valence-electron chi connectivity index (χ1n) is 9.51. The van der Waals surface area contributed by atoms with Crippen molar-refractivity contribution in [3.63, 3.8) is 0 Å². The molecule has 0 saturated heterocycles. The molecule has 7 nitrogen and oxygen atoms in total. The van der Waals surface area contributed by atoms with E-state index in [0.717, 1.165) is 6.42 Å². The smallest absolute Gasteiger partial charge is 0.141 e. The maximum Gasteiger partial charge on any atom is 0.141 e. The molecule has 1 saturated carbocycles. The van der Waals surface area contributed by atoms with Crippen molar-refractivity contribution in [2.45, 2.75) is 25.3 Å². The van der Waals surface area contributed by atoms with Gasteiger partial charge in [-0.3, -0.25) is 10.2 Å². The number of ether oxygens (including phenoxy) is 1. The van der Waals surface area contributed by atoms with E-state index in [2.05, 4.69) is 15.3 Å². The van der Waals surface area contributed by atoms with Gasteiger partial charge in [0.05, 0.1) is 11.3 Å². The van der Waals surface area contributed by atoms with Crippen LogP contribution in [-0.4, -0.2) is 27.5 Å². The molecule has 3 aromatic rings. The van der Waals surface area contributed by atoms with Gasteiger partial charge in [-0.05, 0) is 55.0 Å². The van der Waals surface area contributed by atoms with Crippen molar-refractivity contribution in [1.29, 1.82) is 5.41 Å². The molecular weight excluding hydrogens is 385 g/mol. The fourth-order valence-electron chi connectivity index (χ4n) is 3.36. The SMILES string of the molecule is N=C(c1ccc(Oc2ccc(F)cc2)cc1)c1c(N)ncnc1NC1CCC(=O)C1. The normalized spacial score (nSPS) is 15.8. The molecule has 1 atom stereocenters. The molecule has 0 bridgehead atoms. The van der Waals surface area contributed by atoms with Crippen molar-refractivity contribution in [3.8, 4) is 11.5 Å². The third-order valence-electron chi connectivity index (χ3n) is 4.91. The number of aromatic nitrogens is 2. The summed E-state index contributed by atoms with van der Waals surface area (Å²) < 4.78 is 18.7. The largest absolute Gasteiger partial charge is 0.457 e. The van der Waals surface area contributed by atoms with Gasteiger partial charge in [0.2, 0.25) is 0 Å². The Balaban J connectivity index is 1.54. The molecule has 1 unspecified atom stereocenters. The zero-order valence-electron chi connectivity index (χ0n) is 16.1. The highest BCUT2D eigenvalue weighted by atomic mass is 19.1. The molecule has 152 valence electrons. The van der Waals surface area contributed by atoms with Crippen LogP contribution in [0.25, 0.3) is 0 Å². The van der Waals surface area contributed by atoms with Gasteiger partial charge in [-0.25, -0.2) is 14.4 Å². The van der Waals surface area contributed by atoms with Crippen molar-refractivity contribution < 1.29 is 13.9 Å². The van der Waals surface area contributed by atoms with Crippen molar-refractivity contribution in [2.75, 3.05) is 11.1 Å². The molecule has 0 aliphatic heterocycles. The second kappa shape index (κ2) is 8.28. The Bertz CT molecular complexity index is 1080. The van der Waals surface area contributed by atoms with E-state index >= 15 is 0 Å². The maximum absolute atomic E-state index is 13.0. The number of carbonyl (C=O) groups excluding carboxylic acids is 1. The average molecular weight is 405 g/mol. The van der Waals surface area contributed by atoms with Crippen LogP contribution in [0.1, 0.15) is 30.4 Å². The Morgan fingerprint density at radius 2 is 1.77 bits per heavy atom. The predicted molar refractivity (Wildman–Crippen MR) is 112 cm³/mol. The number of nitrogens with two attached hydrogens (primary N) is 1. The summed E-state index contributed by atoms with van der Waals surface area (Å²) in [6.07, 6.45) is 3.04. The lowest BCUT2D eigenvalue weighted by Gasteiger charge is -2.17. The van der Waals surface area contributed by atoms with Gasteiger partial charge in [-0.2, -0.15) is 0 Å². The predicted octanol–water partition coefficient (Wildman–Crippen LogP) is 3.94. The number of ketones is 1. The summed E-state index contributed by atoms with van der Waals surface area (Å²) >= 11 is 0. The lowest BCUT2D eigenvalue weighted by atomic mass is 10.0. The Labute approximate surface area is 172 Å². The van der Waals surface area contributed by atoms with Gasteiger partial charge >= 0.3 is 0 Å². The molecule has 4 rings (SSSR count). The number of halogens is 1. The summed E-state index contributed by atoms with van der Waals surface area (Å²) in [6, 6.07) is 12.6. The molecule has 30 heavy (non-hydrogen) atoms. The van der Waals surface area contributed by atoms with E-state index in [1.807, 2.05) is 0 Å². The number of hydrogen-bond donors (Lipinski definition) is 3. The molecule has 1 fully saturated rings. The Morgan fingerprint density at radius 3 is 2.40 bits per heavy atom. The zero-order valence-corrected chi connectivity index (χ0v) is 16.1. The lowest BCUT2D eigenvalue weighted by molar-refractivity contribution is -0.117. The molecule has 1 aliphatic carbocycles. The molecule has 4 N–H and O–H groups in total. The number of nitrogen functional groups attached to an aromatic ring is 1. The second-order valence-electron chi connectivity index (χ2n) is 7.06. The van der Waals surface area contributed by atoms with Crippen molar-refractivity contribution in [2.24, 2.45) is 0 Å². The van der Waals surface area contributed by atoms with Crippen LogP contribution < -0.4 is 15.8 Å². The van der Waals surface area contributed by atoms with Crippen LogP contribution >= 0.6 is 0 Å². The van der Waals surface area contributed by atoms with Crippen LogP contribution in [0.3, 0.4) is 0 Å². The second-order valence-corrected chi connectivity index (χ2v) is 7.06. The monoisotopic (exact) mass is 405 g/mol. The third kappa shape index (κ3) is 4.27. The topological polar surface area (TPSA) is 114 Å². The van der Waals surface area contributed by atoms with Gasteiger partial charge in [-0.15, -0.1) is 0 Å². The van der Waals surface area contributed by atoms with Crippen LogP contribution in [0.2, 0.25) is 0 Å². The van der Waals surface area contributed by atoms with Crippen LogP contribution in [0.4, 0.5) is 16.0 Å². The molecule has 1 aliphatic rings. The van der Waals surface area contributed by atoms with Crippen molar-refractivity contribution in [3.05, 3.63) is 71.8 Å². The highest BCUT2D eigenvalue weighted by Gasteiger charge is 2.25. The molecule has 2 aromatic carbocycles. The summed E-state index contributed by atoms with van der Waals surface area (Å²) in [5.74, 6) is 1.58. The quantitative estimate of drug-likeness (QED) is 0.535. The highest BCUT2D eigenvalue weighted by molar-refractivity contribution is 6.16. The van der Waals surface area contributed by atoms with Crippen molar-refractivity contribution >= 4 is 23.1 Å². The first kappa shape index (κ1) is 19.5. The molecule has 0 radical (unpaired) electrons. The minimum absolute atomic E-state index is 0.0233. The summed E-state index contributed by atoms with van der Waals surface area (Å²) in [6.45, 7) is 0. The van der Waals surface area contributed by atoms with Crippen LogP contribution in [0.15, 0.2) is 54.9 Å². The minimum Gasteiger partial charge on any atom is -0.457 e. The number of hydrogen-bond acceptors (Lipinski definition) is 7. The number of anilines is 2. The molecule has 1 aromatic heterocycles. The van der Waals surface area contributed by atoms with E-state index in [9.17, 15) is 9.18 Å². The van der Waals surface area contributed by atoms with E-state index in [1.165, 1.54) is 18.5 Å². The number of rotatable bonds is 6. The Kier molecular flexibility index (Phi) is 5.38. The maximum atomic E-state index is 13.0. The Hall–Kier alpha value is -3.81. The number of benzene rings is 2. The van der Waals surface area contributed by atoms with Gasteiger partial charge in [0.1, 0.15) is 41.1 Å². The molecule has 0 amide bonds. The molecule has 1 heterocycles. The highest BCUT2D eigenvalue weighted by Crippen LogP contribution is 2.27. The third-order valence-corrected chi connectivity index (χ3v) is 4.91. The van der Waals surface area contributed by atoms with Gasteiger partial charge in [0.15, 0.2) is 0 Å². The van der Waals surface area contributed by atoms with E-state index in [4.69, 9.17) is 15.9 Å². The fourth-order valence-corrected chi connectivity index (χ4v) is 3.36. The van der Waals surface area contributed by atoms with Crippen LogP contribution in [0.5, 0.6) is 11.5 Å². The van der Waals surface area contributed by atoms with Crippen LogP contribution in [-0.2, 0) is 4.79 Å². The Morgan fingerprint density at radius 1 is 1.10 bits per heavy atom. The van der Waals surface area contributed by atoms with Crippen LogP contribution in [0, 0.1) is 11.2 Å². The van der Waals surface area contributed by atoms with Gasteiger partial charge in [-0.1, -0.05) is 0 Å². The van der Waals surface area contributed by atoms with E-state index < -0.39 is 0 Å². The summed E-state index contributed by atoms with van der Waals surface area (Å²) in [4.78, 5) is 19.8. The zero-order chi connectivity index (χ0) is 21.1. The molecule has 0 spiro atoms. The van der Waals surface area contributed by atoms with Gasteiger partial charge in [0, 0.05) is 24.4 Å². The average Bonchev–Trinajstić information content (AvgIpc) is 3.15. The van der Waals surface area contributed by atoms with E-state index in [-0.39, 0.29) is 29.2 Å². The van der Waals surface area contributed by atoms with E-state index in [0.29, 0.717) is 41.3 Å². The fraction of sp³-hybridized carbons (Fsp3) is 0.182. The first-order chi connectivity index (χ1) is 14.5. The standard InChI is InChI=1S/C22H20FN5O2/c23-14-3-9-18(10-4-14)30-17-7-1-13(2-8-17)20(24)19-21(25)26-12-27-22(19)28-15-5-6-16(29)11-15/h1-4,7-10,12,15,24H,5-6,11H2,(H3,25,26,27,28). The number of carbonyl (C=O) groups is 1. The number of Topliss-reactive ketones (excluding diaryl/α,β-unsaturated/α-hetero) is 1. The lowest BCUT2D eigenvalue weighted by Crippen LogP contribution is -2.20. The summed E-state index contributed by atoms with van der Waals surface area (Å²) in [5.41, 5.74) is 7.21. The van der Waals surface area contributed by atoms with E-state index in [1.54, 1.807) is 36.4 Å². The number of nitrogens with zero attached hydrogens (tertiary/aromatic N) is 2. The van der Waals surface area contributed by atoms with Crippen molar-refractivity contribution in [1.82, 2.24) is 9.97 Å². The molecular formula is C22H20FN5O2. The minimum atomic E-state index is -0.333. The first-order valence-corrected chi connectivity index (χ1v) is 9.51. The number of nitrogens with one attached hydrogen (secondary N) is 2. The summed E-state index contributed by atoms with van der Waals surface area (Å²) in [7, 11) is 0.